The van der Waals surface area contributed by atoms with Crippen molar-refractivity contribution < 1.29 is 9.21 Å². The van der Waals surface area contributed by atoms with Crippen LogP contribution in [0.1, 0.15) is 27.4 Å². The van der Waals surface area contributed by atoms with Gasteiger partial charge in [0, 0.05) is 5.56 Å². The molecular weight excluding hydrogens is 256 g/mol. The molecule has 0 aliphatic carbocycles. The van der Waals surface area contributed by atoms with Crippen LogP contribution in [0.2, 0.25) is 0 Å². The molecule has 0 atom stereocenters. The van der Waals surface area contributed by atoms with Crippen LogP contribution in [0.4, 0.5) is 0 Å². The second-order valence-electron chi connectivity index (χ2n) is 4.51. The van der Waals surface area contributed by atoms with E-state index in [2.05, 4.69) is 9.98 Å². The van der Waals surface area contributed by atoms with E-state index >= 15 is 0 Å². The number of carbonyl (C=O) groups excluding carboxylic acids is 1. The minimum Gasteiger partial charge on any atom is -0.441 e. The fraction of sp³-hybridized carbons (Fsp3) is 0.214. The predicted octanol–water partition coefficient (Wildman–Crippen LogP) is 1.68. The van der Waals surface area contributed by atoms with Crippen molar-refractivity contribution in [3.8, 4) is 11.5 Å². The number of aryl methyl sites for hydroxylation is 2. The van der Waals surface area contributed by atoms with Gasteiger partial charge >= 0.3 is 5.91 Å². The summed E-state index contributed by atoms with van der Waals surface area (Å²) in [6.45, 7) is 5.62. The van der Waals surface area contributed by atoms with Crippen molar-refractivity contribution in [1.82, 2.24) is 4.98 Å². The minimum absolute atomic E-state index is 0.120. The van der Waals surface area contributed by atoms with E-state index in [9.17, 15) is 4.79 Å². The van der Waals surface area contributed by atoms with Gasteiger partial charge in [-0.25, -0.2) is 4.98 Å². The van der Waals surface area contributed by atoms with Gasteiger partial charge in [0.15, 0.2) is 11.7 Å². The van der Waals surface area contributed by atoms with Gasteiger partial charge < -0.3 is 15.9 Å². The van der Waals surface area contributed by atoms with Crippen molar-refractivity contribution in [1.29, 1.82) is 0 Å². The molecular formula is C14H16N4O2. The van der Waals surface area contributed by atoms with Crippen LogP contribution >= 0.6 is 0 Å². The standard InChI is InChI=1S/C14H16N4O2/c1-7-5-4-6-10(8(7)2)13-17-11(9(3)20-13)12(19)18-14(15)16/h4-6H,1-3H3,(H4,15,16,18,19). The molecule has 1 aromatic heterocycles. The van der Waals surface area contributed by atoms with Crippen LogP contribution in [0, 0.1) is 20.8 Å². The number of oxazole rings is 1. The molecule has 0 spiro atoms. The number of aliphatic imine (C=N–C) groups is 1. The third kappa shape index (κ3) is 2.54. The molecule has 0 saturated heterocycles. The molecule has 0 bridgehead atoms. The van der Waals surface area contributed by atoms with Crippen molar-refractivity contribution >= 4 is 11.9 Å². The third-order valence-electron chi connectivity index (χ3n) is 3.06. The Morgan fingerprint density at radius 2 is 1.95 bits per heavy atom. The molecule has 1 amide bonds. The molecule has 1 aromatic carbocycles. The predicted molar refractivity (Wildman–Crippen MR) is 76.3 cm³/mol. The number of carbonyl (C=O) groups is 1. The van der Waals surface area contributed by atoms with Crippen LogP contribution in [0.5, 0.6) is 0 Å². The first-order valence-electron chi connectivity index (χ1n) is 6.08. The van der Waals surface area contributed by atoms with Gasteiger partial charge in [0.2, 0.25) is 5.89 Å². The molecule has 0 radical (unpaired) electrons. The Labute approximate surface area is 116 Å². The van der Waals surface area contributed by atoms with E-state index in [4.69, 9.17) is 15.9 Å². The molecule has 0 fully saturated rings. The first kappa shape index (κ1) is 13.8. The normalized spacial score (nSPS) is 10.3. The SMILES string of the molecule is Cc1cccc(-c2nc(C(=O)N=C(N)N)c(C)o2)c1C. The Hall–Kier alpha value is -2.63. The first-order chi connectivity index (χ1) is 9.40. The molecule has 0 unspecified atom stereocenters. The Morgan fingerprint density at radius 1 is 1.25 bits per heavy atom. The number of nitrogens with zero attached hydrogens (tertiary/aromatic N) is 2. The second kappa shape index (κ2) is 5.16. The molecule has 0 aliphatic heterocycles. The van der Waals surface area contributed by atoms with Crippen molar-refractivity contribution in [2.45, 2.75) is 20.8 Å². The van der Waals surface area contributed by atoms with E-state index in [1.165, 1.54) is 0 Å². The molecule has 0 aliphatic rings. The zero-order chi connectivity index (χ0) is 14.9. The van der Waals surface area contributed by atoms with Crippen LogP contribution in [-0.4, -0.2) is 16.9 Å². The Bertz CT molecular complexity index is 697. The highest BCUT2D eigenvalue weighted by atomic mass is 16.4. The highest BCUT2D eigenvalue weighted by Gasteiger charge is 2.19. The Balaban J connectivity index is 2.49. The largest absolute Gasteiger partial charge is 0.441 e. The van der Waals surface area contributed by atoms with E-state index in [1.54, 1.807) is 6.92 Å². The number of rotatable bonds is 2. The molecule has 104 valence electrons. The zero-order valence-electron chi connectivity index (χ0n) is 11.6. The van der Waals surface area contributed by atoms with Gasteiger partial charge in [0.05, 0.1) is 0 Å². The average Bonchev–Trinajstić information content (AvgIpc) is 2.74. The molecule has 6 nitrogen and oxygen atoms in total. The fourth-order valence-electron chi connectivity index (χ4n) is 1.86. The summed E-state index contributed by atoms with van der Waals surface area (Å²) in [4.78, 5) is 19.5. The summed E-state index contributed by atoms with van der Waals surface area (Å²) in [5.41, 5.74) is 13.5. The number of hydrogen-bond donors (Lipinski definition) is 2. The number of hydrogen-bond acceptors (Lipinski definition) is 3. The number of guanidine groups is 1. The lowest BCUT2D eigenvalue weighted by Gasteiger charge is -2.03. The number of amides is 1. The van der Waals surface area contributed by atoms with Crippen LogP contribution in [0.3, 0.4) is 0 Å². The average molecular weight is 272 g/mol. The molecule has 1 heterocycles. The smallest absolute Gasteiger partial charge is 0.302 e. The van der Waals surface area contributed by atoms with E-state index in [0.29, 0.717) is 11.7 Å². The maximum absolute atomic E-state index is 11.8. The van der Waals surface area contributed by atoms with Gasteiger partial charge in [-0.05, 0) is 38.0 Å². The van der Waals surface area contributed by atoms with Gasteiger partial charge in [0.25, 0.3) is 0 Å². The zero-order valence-corrected chi connectivity index (χ0v) is 11.6. The Kier molecular flexibility index (Phi) is 3.56. The molecule has 4 N–H and O–H groups in total. The van der Waals surface area contributed by atoms with E-state index < -0.39 is 5.91 Å². The summed E-state index contributed by atoms with van der Waals surface area (Å²) >= 11 is 0. The summed E-state index contributed by atoms with van der Waals surface area (Å²) in [6.07, 6.45) is 0. The quantitative estimate of drug-likeness (QED) is 0.638. The topological polar surface area (TPSA) is 108 Å². The number of nitrogens with two attached hydrogens (primary N) is 2. The summed E-state index contributed by atoms with van der Waals surface area (Å²) in [6, 6.07) is 5.80. The van der Waals surface area contributed by atoms with Gasteiger partial charge in [-0.3, -0.25) is 4.79 Å². The Morgan fingerprint density at radius 3 is 2.60 bits per heavy atom. The monoisotopic (exact) mass is 272 g/mol. The lowest BCUT2D eigenvalue weighted by atomic mass is 10.0. The third-order valence-corrected chi connectivity index (χ3v) is 3.06. The van der Waals surface area contributed by atoms with Crippen molar-refractivity contribution in [3.05, 3.63) is 40.8 Å². The summed E-state index contributed by atoms with van der Waals surface area (Å²) in [7, 11) is 0. The van der Waals surface area contributed by atoms with Crippen molar-refractivity contribution in [3.63, 3.8) is 0 Å². The molecule has 6 heteroatoms. The molecule has 20 heavy (non-hydrogen) atoms. The number of aromatic nitrogens is 1. The van der Waals surface area contributed by atoms with Gasteiger partial charge in [-0.2, -0.15) is 4.99 Å². The molecule has 0 saturated carbocycles. The van der Waals surface area contributed by atoms with Crippen LogP contribution in [0.15, 0.2) is 27.6 Å². The van der Waals surface area contributed by atoms with Gasteiger partial charge in [0.1, 0.15) is 5.76 Å². The maximum Gasteiger partial charge on any atom is 0.302 e. The molecule has 2 aromatic rings. The highest BCUT2D eigenvalue weighted by Crippen LogP contribution is 2.26. The van der Waals surface area contributed by atoms with E-state index in [1.807, 2.05) is 32.0 Å². The minimum atomic E-state index is -0.609. The summed E-state index contributed by atoms with van der Waals surface area (Å²) < 4.78 is 5.56. The van der Waals surface area contributed by atoms with Crippen LogP contribution < -0.4 is 11.5 Å². The van der Waals surface area contributed by atoms with Crippen molar-refractivity contribution in [2.75, 3.05) is 0 Å². The maximum atomic E-state index is 11.8. The lowest BCUT2D eigenvalue weighted by Crippen LogP contribution is -2.24. The number of benzene rings is 1. The van der Waals surface area contributed by atoms with Crippen molar-refractivity contribution in [2.24, 2.45) is 16.5 Å². The van der Waals surface area contributed by atoms with Gasteiger partial charge in [-0.1, -0.05) is 12.1 Å². The molecule has 2 rings (SSSR count). The van der Waals surface area contributed by atoms with Crippen LogP contribution in [-0.2, 0) is 0 Å². The van der Waals surface area contributed by atoms with Crippen LogP contribution in [0.25, 0.3) is 11.5 Å². The first-order valence-corrected chi connectivity index (χ1v) is 6.08. The lowest BCUT2D eigenvalue weighted by molar-refractivity contribution is 0.0997. The highest BCUT2D eigenvalue weighted by molar-refractivity contribution is 6.01. The van der Waals surface area contributed by atoms with E-state index in [0.717, 1.165) is 16.7 Å². The van der Waals surface area contributed by atoms with Gasteiger partial charge in [-0.15, -0.1) is 0 Å². The summed E-state index contributed by atoms with van der Waals surface area (Å²) in [5.74, 6) is -0.137. The van der Waals surface area contributed by atoms with E-state index in [-0.39, 0.29) is 11.7 Å². The fourth-order valence-corrected chi connectivity index (χ4v) is 1.86. The second-order valence-corrected chi connectivity index (χ2v) is 4.51. The summed E-state index contributed by atoms with van der Waals surface area (Å²) in [5, 5.41) is 0.